The van der Waals surface area contributed by atoms with Gasteiger partial charge in [0.05, 0.1) is 29.8 Å². The number of amides is 2. The molecule has 0 radical (unpaired) electrons. The van der Waals surface area contributed by atoms with E-state index >= 15 is 0 Å². The molecule has 0 spiro atoms. The Balaban J connectivity index is 1.92. The van der Waals surface area contributed by atoms with E-state index in [0.29, 0.717) is 11.1 Å². The van der Waals surface area contributed by atoms with E-state index in [0.717, 1.165) is 52.7 Å². The molecule has 0 atom stereocenters. The third-order valence-corrected chi connectivity index (χ3v) is 6.44. The van der Waals surface area contributed by atoms with Crippen molar-refractivity contribution in [2.24, 2.45) is 0 Å². The van der Waals surface area contributed by atoms with Crippen molar-refractivity contribution in [1.29, 1.82) is 0 Å². The molecule has 0 bridgehead atoms. The van der Waals surface area contributed by atoms with E-state index in [-0.39, 0.29) is 25.0 Å². The fraction of sp³-hybridized carbons (Fsp3) is 0.0833. The molecule has 0 aliphatic carbocycles. The number of aliphatic hydroxyl groups is 1. The summed E-state index contributed by atoms with van der Waals surface area (Å²) in [5.74, 6) is -0.707. The van der Waals surface area contributed by atoms with Crippen LogP contribution in [0.25, 0.3) is 43.4 Å². The Morgan fingerprint density at radius 1 is 0.867 bits per heavy atom. The van der Waals surface area contributed by atoms with E-state index in [1.165, 1.54) is 0 Å². The number of hydrogen-bond donors (Lipinski definition) is 2. The molecule has 2 amide bonds. The monoisotopic (exact) mass is 458 g/mol. The maximum atomic E-state index is 13.4. The predicted octanol–water partition coefficient (Wildman–Crippen LogP) is 4.98. The Bertz CT molecular complexity index is 1570. The predicted molar refractivity (Wildman–Crippen MR) is 121 cm³/mol. The fourth-order valence-corrected chi connectivity index (χ4v) is 5.08. The van der Waals surface area contributed by atoms with Crippen LogP contribution in [0.2, 0.25) is 0 Å². The van der Waals surface area contributed by atoms with Crippen LogP contribution < -0.4 is 0 Å². The van der Waals surface area contributed by atoms with E-state index in [1.54, 1.807) is 0 Å². The Kier molecular flexibility index (Phi) is 3.61. The summed E-state index contributed by atoms with van der Waals surface area (Å²) in [4.78, 5) is 31.4. The Labute approximate surface area is 179 Å². The third-order valence-electron chi connectivity index (χ3n) is 5.95. The number of imide groups is 1. The van der Waals surface area contributed by atoms with Crippen LogP contribution in [0.4, 0.5) is 0 Å². The molecule has 2 N–H and O–H groups in total. The molecule has 5 aromatic rings. The number of halogens is 1. The Morgan fingerprint density at radius 2 is 1.63 bits per heavy atom. The van der Waals surface area contributed by atoms with Gasteiger partial charge in [-0.15, -0.1) is 0 Å². The van der Waals surface area contributed by atoms with Gasteiger partial charge in [0.2, 0.25) is 0 Å². The van der Waals surface area contributed by atoms with Gasteiger partial charge in [-0.2, -0.15) is 0 Å². The highest BCUT2D eigenvalue weighted by molar-refractivity contribution is 9.10. The summed E-state index contributed by atoms with van der Waals surface area (Å²) in [5.41, 5.74) is 2.58. The maximum Gasteiger partial charge on any atom is 0.262 e. The number of nitrogens with one attached hydrogen (secondary N) is 1. The van der Waals surface area contributed by atoms with Crippen molar-refractivity contribution in [1.82, 2.24) is 9.88 Å². The van der Waals surface area contributed by atoms with Gasteiger partial charge < -0.3 is 10.1 Å². The smallest absolute Gasteiger partial charge is 0.262 e. The molecule has 30 heavy (non-hydrogen) atoms. The van der Waals surface area contributed by atoms with Gasteiger partial charge in [-0.25, -0.2) is 0 Å². The van der Waals surface area contributed by atoms with Gasteiger partial charge in [0.25, 0.3) is 11.8 Å². The van der Waals surface area contributed by atoms with Crippen molar-refractivity contribution in [3.8, 4) is 0 Å². The van der Waals surface area contributed by atoms with Gasteiger partial charge in [-0.3, -0.25) is 14.5 Å². The average molecular weight is 459 g/mol. The van der Waals surface area contributed by atoms with Crippen molar-refractivity contribution in [3.63, 3.8) is 0 Å². The summed E-state index contributed by atoms with van der Waals surface area (Å²) in [6.07, 6.45) is 0. The number of rotatable bonds is 2. The van der Waals surface area contributed by atoms with Crippen LogP contribution in [-0.2, 0) is 0 Å². The molecule has 4 aromatic carbocycles. The second-order valence-corrected chi connectivity index (χ2v) is 8.43. The van der Waals surface area contributed by atoms with Gasteiger partial charge in [-0.05, 0) is 29.0 Å². The summed E-state index contributed by atoms with van der Waals surface area (Å²) >= 11 is 3.52. The lowest BCUT2D eigenvalue weighted by Crippen LogP contribution is -2.32. The zero-order valence-corrected chi connectivity index (χ0v) is 17.3. The third kappa shape index (κ3) is 2.15. The van der Waals surface area contributed by atoms with Crippen molar-refractivity contribution >= 4 is 71.1 Å². The minimum Gasteiger partial charge on any atom is -0.395 e. The zero-order valence-electron chi connectivity index (χ0n) is 15.7. The van der Waals surface area contributed by atoms with Crippen LogP contribution >= 0.6 is 15.9 Å². The topological polar surface area (TPSA) is 73.4 Å². The number of carbonyl (C=O) groups excluding carboxylic acids is 2. The van der Waals surface area contributed by atoms with Gasteiger partial charge in [0, 0.05) is 31.5 Å². The second kappa shape index (κ2) is 6.14. The van der Waals surface area contributed by atoms with Gasteiger partial charge in [-0.1, -0.05) is 52.3 Å². The van der Waals surface area contributed by atoms with Crippen LogP contribution in [0.3, 0.4) is 0 Å². The lowest BCUT2D eigenvalue weighted by molar-refractivity contribution is 0.0625. The largest absolute Gasteiger partial charge is 0.395 e. The lowest BCUT2D eigenvalue weighted by atomic mass is 9.91. The number of H-pyrrole nitrogens is 1. The first kappa shape index (κ1) is 17.6. The Morgan fingerprint density at radius 3 is 2.43 bits per heavy atom. The highest BCUT2D eigenvalue weighted by Gasteiger charge is 2.40. The molecule has 0 saturated heterocycles. The van der Waals surface area contributed by atoms with Crippen molar-refractivity contribution in [2.75, 3.05) is 13.2 Å². The van der Waals surface area contributed by atoms with E-state index in [1.807, 2.05) is 54.6 Å². The molecule has 6 heteroatoms. The SMILES string of the molecule is O=C1c2c(c3c4cc(Br)ccc4[nH]c3c3ccc4ccccc4c23)C(=O)N1CCO. The number of benzene rings is 4. The second-order valence-electron chi connectivity index (χ2n) is 7.51. The first-order valence-corrected chi connectivity index (χ1v) is 10.4. The van der Waals surface area contributed by atoms with Gasteiger partial charge >= 0.3 is 0 Å². The highest BCUT2D eigenvalue weighted by atomic mass is 79.9. The molecular weight excluding hydrogens is 444 g/mol. The van der Waals surface area contributed by atoms with Crippen LogP contribution in [0.1, 0.15) is 20.7 Å². The molecule has 6 rings (SSSR count). The van der Waals surface area contributed by atoms with E-state index in [2.05, 4.69) is 20.9 Å². The van der Waals surface area contributed by atoms with E-state index < -0.39 is 0 Å². The number of aromatic nitrogens is 1. The molecule has 0 unspecified atom stereocenters. The van der Waals surface area contributed by atoms with Crippen molar-refractivity contribution in [2.45, 2.75) is 0 Å². The summed E-state index contributed by atoms with van der Waals surface area (Å²) in [6.45, 7) is -0.293. The molecular formula is C24H15BrN2O3. The molecule has 1 aromatic heterocycles. The highest BCUT2D eigenvalue weighted by Crippen LogP contribution is 2.43. The van der Waals surface area contributed by atoms with Crippen molar-refractivity contribution < 1.29 is 14.7 Å². The lowest BCUT2D eigenvalue weighted by Gasteiger charge is -2.11. The number of carbonyl (C=O) groups is 2. The quantitative estimate of drug-likeness (QED) is 0.289. The summed E-state index contributed by atoms with van der Waals surface area (Å²) in [6, 6.07) is 17.8. The summed E-state index contributed by atoms with van der Waals surface area (Å²) < 4.78 is 0.896. The van der Waals surface area contributed by atoms with Crippen LogP contribution in [-0.4, -0.2) is 40.0 Å². The number of aromatic amines is 1. The molecule has 2 heterocycles. The first-order valence-electron chi connectivity index (χ1n) is 9.65. The van der Waals surface area contributed by atoms with E-state index in [9.17, 15) is 14.7 Å². The van der Waals surface area contributed by atoms with E-state index in [4.69, 9.17) is 0 Å². The number of fused-ring (bicyclic) bond motifs is 10. The molecule has 1 aliphatic heterocycles. The van der Waals surface area contributed by atoms with Crippen LogP contribution in [0, 0.1) is 0 Å². The zero-order chi connectivity index (χ0) is 20.6. The molecule has 5 nitrogen and oxygen atoms in total. The number of hydrogen-bond acceptors (Lipinski definition) is 3. The van der Waals surface area contributed by atoms with Crippen LogP contribution in [0.5, 0.6) is 0 Å². The van der Waals surface area contributed by atoms with Gasteiger partial charge in [0.1, 0.15) is 0 Å². The van der Waals surface area contributed by atoms with Crippen molar-refractivity contribution in [3.05, 3.63) is 70.2 Å². The number of β-amino-alcohol motifs (C(OH)–C–C–N with tert-alkyl or cyclic N) is 1. The average Bonchev–Trinajstić information content (AvgIpc) is 3.24. The molecule has 146 valence electrons. The first-order chi connectivity index (χ1) is 14.6. The Hall–Kier alpha value is -3.22. The standard InChI is InChI=1S/C24H15BrN2O3/c25-13-6-8-17-16(11-13)19-21-20(23(29)27(9-10-28)24(21)30)18-14-4-2-1-3-12(14)5-7-15(18)22(19)26-17/h1-8,11,26,28H,9-10H2. The minimum atomic E-state index is -0.357. The van der Waals surface area contributed by atoms with Gasteiger partial charge in [0.15, 0.2) is 0 Å². The fourth-order valence-electron chi connectivity index (χ4n) is 4.72. The maximum absolute atomic E-state index is 13.4. The number of nitrogens with zero attached hydrogens (tertiary/aromatic N) is 1. The number of aliphatic hydroxyl groups excluding tert-OH is 1. The molecule has 0 fully saturated rings. The normalized spacial score (nSPS) is 14.0. The molecule has 1 aliphatic rings. The summed E-state index contributed by atoms with van der Waals surface area (Å²) in [5, 5.41) is 14.7. The minimum absolute atomic E-state index is 0.0217. The van der Waals surface area contributed by atoms with Crippen LogP contribution in [0.15, 0.2) is 59.1 Å². The summed E-state index contributed by atoms with van der Waals surface area (Å²) in [7, 11) is 0. The molecule has 0 saturated carbocycles.